The summed E-state index contributed by atoms with van der Waals surface area (Å²) in [6.07, 6.45) is 0. The number of ether oxygens (including phenoxy) is 3. The summed E-state index contributed by atoms with van der Waals surface area (Å²) in [5.74, 6) is -1.000. The molecule has 116 valence electrons. The Morgan fingerprint density at radius 3 is 2.55 bits per heavy atom. The number of nitrogens with zero attached hydrogens (tertiary/aromatic N) is 1. The molecule has 3 aromatic heterocycles. The fraction of sp³-hybridized carbons (Fsp3) is 0.286. The third-order valence-electron chi connectivity index (χ3n) is 3.36. The Kier molecular flexibility index (Phi) is 3.38. The van der Waals surface area contributed by atoms with Crippen molar-refractivity contribution in [2.24, 2.45) is 0 Å². The Balaban J connectivity index is 2.22. The minimum atomic E-state index is -0.503. The van der Waals surface area contributed by atoms with Gasteiger partial charge in [-0.2, -0.15) is 0 Å². The molecule has 3 aromatic rings. The van der Waals surface area contributed by atoms with E-state index >= 15 is 0 Å². The molecular weight excluding hydrogens is 292 g/mol. The molecule has 1 N–H and O–H groups in total. The molecular formula is C14H14N2O6. The van der Waals surface area contributed by atoms with E-state index in [1.165, 1.54) is 21.3 Å². The lowest BCUT2D eigenvalue weighted by molar-refractivity contribution is 0.0565. The van der Waals surface area contributed by atoms with Crippen LogP contribution >= 0.6 is 0 Å². The van der Waals surface area contributed by atoms with Gasteiger partial charge in [-0.1, -0.05) is 0 Å². The van der Waals surface area contributed by atoms with Gasteiger partial charge in [0.25, 0.3) is 0 Å². The second kappa shape index (κ2) is 5.23. The Bertz CT molecular complexity index is 869. The Labute approximate surface area is 124 Å². The third kappa shape index (κ3) is 1.96. The maximum absolute atomic E-state index is 11.8. The quantitative estimate of drug-likeness (QED) is 0.739. The average molecular weight is 306 g/mol. The van der Waals surface area contributed by atoms with Crippen molar-refractivity contribution in [1.82, 2.24) is 9.55 Å². The van der Waals surface area contributed by atoms with Crippen molar-refractivity contribution in [2.45, 2.75) is 6.73 Å². The number of methoxy groups -OCH3 is 3. The van der Waals surface area contributed by atoms with Crippen molar-refractivity contribution >= 4 is 34.1 Å². The van der Waals surface area contributed by atoms with Gasteiger partial charge < -0.3 is 23.6 Å². The first-order chi connectivity index (χ1) is 10.6. The topological polar surface area (TPSA) is 95.7 Å². The number of aromatic amines is 1. The van der Waals surface area contributed by atoms with Crippen molar-refractivity contribution < 1.29 is 28.2 Å². The van der Waals surface area contributed by atoms with Crippen molar-refractivity contribution in [1.29, 1.82) is 0 Å². The fourth-order valence-corrected chi connectivity index (χ4v) is 2.39. The summed E-state index contributed by atoms with van der Waals surface area (Å²) in [4.78, 5) is 26.3. The van der Waals surface area contributed by atoms with Crippen LogP contribution in [0.1, 0.15) is 21.0 Å². The molecule has 0 aliphatic carbocycles. The van der Waals surface area contributed by atoms with Crippen LogP contribution in [-0.2, 0) is 20.9 Å². The fourth-order valence-electron chi connectivity index (χ4n) is 2.39. The van der Waals surface area contributed by atoms with E-state index < -0.39 is 11.9 Å². The standard InChI is InChI=1S/C14H14N2O6/c1-19-6-16-9(14(18)21-3)4-7-11-10(22-12(7)16)5-8(15-11)13(17)20-2/h4-5,15H,6H2,1-3H3. The minimum Gasteiger partial charge on any atom is -0.464 e. The van der Waals surface area contributed by atoms with Crippen LogP contribution in [0.5, 0.6) is 0 Å². The van der Waals surface area contributed by atoms with Crippen LogP contribution in [-0.4, -0.2) is 42.8 Å². The van der Waals surface area contributed by atoms with Crippen molar-refractivity contribution in [3.8, 4) is 0 Å². The Morgan fingerprint density at radius 2 is 1.91 bits per heavy atom. The van der Waals surface area contributed by atoms with Gasteiger partial charge in [0.05, 0.1) is 25.1 Å². The smallest absolute Gasteiger partial charge is 0.354 e. The predicted octanol–water partition coefficient (Wildman–Crippen LogP) is 1.89. The molecule has 0 aromatic carbocycles. The molecule has 0 aliphatic heterocycles. The molecule has 22 heavy (non-hydrogen) atoms. The van der Waals surface area contributed by atoms with Gasteiger partial charge in [-0.15, -0.1) is 0 Å². The van der Waals surface area contributed by atoms with E-state index in [9.17, 15) is 9.59 Å². The van der Waals surface area contributed by atoms with Gasteiger partial charge in [0.15, 0.2) is 5.58 Å². The number of hydrogen-bond acceptors (Lipinski definition) is 6. The monoisotopic (exact) mass is 306 g/mol. The highest BCUT2D eigenvalue weighted by atomic mass is 16.5. The molecule has 8 nitrogen and oxygen atoms in total. The lowest BCUT2D eigenvalue weighted by atomic mass is 10.3. The van der Waals surface area contributed by atoms with E-state index in [2.05, 4.69) is 9.72 Å². The summed E-state index contributed by atoms with van der Waals surface area (Å²) in [5.41, 5.74) is 2.13. The molecule has 0 aliphatic rings. The number of esters is 2. The number of hydrogen-bond donors (Lipinski definition) is 1. The minimum absolute atomic E-state index is 0.133. The van der Waals surface area contributed by atoms with Crippen LogP contribution in [0.25, 0.3) is 22.2 Å². The van der Waals surface area contributed by atoms with Gasteiger partial charge in [0.2, 0.25) is 5.71 Å². The first-order valence-corrected chi connectivity index (χ1v) is 6.41. The zero-order valence-corrected chi connectivity index (χ0v) is 12.3. The molecule has 0 saturated carbocycles. The number of carbonyl (C=O) groups excluding carboxylic acids is 2. The lowest BCUT2D eigenvalue weighted by Gasteiger charge is -2.05. The number of carbonyl (C=O) groups is 2. The number of H-pyrrole nitrogens is 1. The van der Waals surface area contributed by atoms with E-state index in [0.29, 0.717) is 27.9 Å². The van der Waals surface area contributed by atoms with E-state index in [0.717, 1.165) is 0 Å². The van der Waals surface area contributed by atoms with Crippen molar-refractivity contribution in [3.05, 3.63) is 23.5 Å². The number of fused-ring (bicyclic) bond motifs is 3. The Morgan fingerprint density at radius 1 is 1.18 bits per heavy atom. The predicted molar refractivity (Wildman–Crippen MR) is 75.7 cm³/mol. The van der Waals surface area contributed by atoms with E-state index in [1.807, 2.05) is 0 Å². The van der Waals surface area contributed by atoms with Gasteiger partial charge >= 0.3 is 11.9 Å². The summed E-state index contributed by atoms with van der Waals surface area (Å²) in [5, 5.41) is 0.655. The highest BCUT2D eigenvalue weighted by molar-refractivity contribution is 6.08. The van der Waals surface area contributed by atoms with E-state index in [-0.39, 0.29) is 12.4 Å². The van der Waals surface area contributed by atoms with Crippen LogP contribution in [0.2, 0.25) is 0 Å². The van der Waals surface area contributed by atoms with Gasteiger partial charge in [0, 0.05) is 13.2 Å². The number of furan rings is 1. The second-order valence-corrected chi connectivity index (χ2v) is 4.60. The average Bonchev–Trinajstić information content (AvgIpc) is 3.16. The van der Waals surface area contributed by atoms with Gasteiger partial charge in [0.1, 0.15) is 18.1 Å². The van der Waals surface area contributed by atoms with Gasteiger partial charge in [-0.3, -0.25) is 4.57 Å². The van der Waals surface area contributed by atoms with Crippen molar-refractivity contribution in [3.63, 3.8) is 0 Å². The van der Waals surface area contributed by atoms with E-state index in [1.54, 1.807) is 16.7 Å². The molecule has 0 spiro atoms. The molecule has 0 radical (unpaired) electrons. The molecule has 0 atom stereocenters. The third-order valence-corrected chi connectivity index (χ3v) is 3.36. The van der Waals surface area contributed by atoms with Crippen molar-refractivity contribution in [2.75, 3.05) is 21.3 Å². The second-order valence-electron chi connectivity index (χ2n) is 4.60. The first-order valence-electron chi connectivity index (χ1n) is 6.41. The molecule has 0 unspecified atom stereocenters. The normalized spacial score (nSPS) is 11.2. The largest absolute Gasteiger partial charge is 0.464 e. The van der Waals surface area contributed by atoms with Crippen LogP contribution in [0.3, 0.4) is 0 Å². The number of nitrogens with one attached hydrogen (secondary N) is 1. The molecule has 8 heteroatoms. The number of aromatic nitrogens is 2. The van der Waals surface area contributed by atoms with Crippen LogP contribution in [0.4, 0.5) is 0 Å². The number of rotatable bonds is 4. The summed E-state index contributed by atoms with van der Waals surface area (Å²) in [6, 6.07) is 3.18. The first kappa shape index (κ1) is 14.2. The highest BCUT2D eigenvalue weighted by Gasteiger charge is 2.23. The van der Waals surface area contributed by atoms with Gasteiger partial charge in [-0.25, -0.2) is 9.59 Å². The zero-order valence-electron chi connectivity index (χ0n) is 12.3. The van der Waals surface area contributed by atoms with E-state index in [4.69, 9.17) is 13.9 Å². The summed E-state index contributed by atoms with van der Waals surface area (Å²) < 4.78 is 21.8. The molecule has 0 saturated heterocycles. The SMILES string of the molecule is COCn1c(C(=O)OC)cc2c3[nH]c(C(=O)OC)cc3oc21. The Hall–Kier alpha value is -2.74. The maximum Gasteiger partial charge on any atom is 0.354 e. The molecule has 0 amide bonds. The van der Waals surface area contributed by atoms with Crippen LogP contribution in [0.15, 0.2) is 16.5 Å². The summed E-state index contributed by atoms with van der Waals surface area (Å²) in [6.45, 7) is 0.133. The highest BCUT2D eigenvalue weighted by Crippen LogP contribution is 2.32. The lowest BCUT2D eigenvalue weighted by Crippen LogP contribution is -2.11. The summed E-state index contributed by atoms with van der Waals surface area (Å²) in [7, 11) is 4.11. The van der Waals surface area contributed by atoms with Crippen LogP contribution in [0, 0.1) is 0 Å². The molecule has 0 bridgehead atoms. The summed E-state index contributed by atoms with van der Waals surface area (Å²) >= 11 is 0. The molecule has 3 rings (SSSR count). The molecule has 0 fully saturated rings. The maximum atomic E-state index is 11.8. The molecule has 3 heterocycles. The zero-order chi connectivity index (χ0) is 15.9. The van der Waals surface area contributed by atoms with Crippen LogP contribution < -0.4 is 0 Å². The van der Waals surface area contributed by atoms with Gasteiger partial charge in [-0.05, 0) is 6.07 Å².